The molecule has 0 aliphatic carbocycles. The minimum Gasteiger partial charge on any atom is -0.480 e. The number of nitrogens with one attached hydrogen (secondary N) is 1. The van der Waals surface area contributed by atoms with Crippen molar-refractivity contribution in [1.82, 2.24) is 10.2 Å². The van der Waals surface area contributed by atoms with Crippen molar-refractivity contribution in [3.05, 3.63) is 12.7 Å². The highest BCUT2D eigenvalue weighted by molar-refractivity contribution is 5.91. The zero-order valence-corrected chi connectivity index (χ0v) is 11.1. The van der Waals surface area contributed by atoms with Crippen LogP contribution < -0.4 is 5.32 Å². The van der Waals surface area contributed by atoms with Crippen LogP contribution in [0, 0.1) is 5.92 Å². The highest BCUT2D eigenvalue weighted by atomic mass is 16.4. The Morgan fingerprint density at radius 3 is 2.79 bits per heavy atom. The van der Waals surface area contributed by atoms with Crippen LogP contribution in [-0.2, 0) is 14.4 Å². The predicted octanol–water partition coefficient (Wildman–Crippen LogP) is 0.390. The lowest BCUT2D eigenvalue weighted by Crippen LogP contribution is -2.44. The number of amides is 2. The van der Waals surface area contributed by atoms with Gasteiger partial charge in [-0.15, -0.1) is 6.58 Å². The molecule has 0 radical (unpaired) electrons. The minimum absolute atomic E-state index is 0.0550. The van der Waals surface area contributed by atoms with Crippen LogP contribution in [0.25, 0.3) is 0 Å². The molecule has 1 rings (SSSR count). The molecule has 0 bridgehead atoms. The molecular formula is C13H20N2O4. The van der Waals surface area contributed by atoms with E-state index in [9.17, 15) is 14.4 Å². The van der Waals surface area contributed by atoms with Gasteiger partial charge in [0.05, 0.1) is 5.92 Å². The maximum Gasteiger partial charge on any atom is 0.326 e. The number of likely N-dealkylation sites (tertiary alicyclic amines) is 1. The highest BCUT2D eigenvalue weighted by Gasteiger charge is 2.34. The number of rotatable bonds is 7. The lowest BCUT2D eigenvalue weighted by atomic mass is 10.1. The molecular weight excluding hydrogens is 248 g/mol. The van der Waals surface area contributed by atoms with Gasteiger partial charge in [-0.3, -0.25) is 9.59 Å². The summed E-state index contributed by atoms with van der Waals surface area (Å²) in [6.07, 6.45) is 2.60. The van der Waals surface area contributed by atoms with Crippen molar-refractivity contribution in [1.29, 1.82) is 0 Å². The van der Waals surface area contributed by atoms with Crippen LogP contribution >= 0.6 is 0 Å². The van der Waals surface area contributed by atoms with Gasteiger partial charge < -0.3 is 15.3 Å². The third-order valence-electron chi connectivity index (χ3n) is 3.24. The molecule has 0 spiro atoms. The maximum atomic E-state index is 12.0. The molecule has 0 saturated carbocycles. The lowest BCUT2D eigenvalue weighted by Gasteiger charge is -2.17. The third-order valence-corrected chi connectivity index (χ3v) is 3.24. The number of nitrogens with zero attached hydrogens (tertiary/aromatic N) is 1. The fourth-order valence-electron chi connectivity index (χ4n) is 2.08. The molecule has 19 heavy (non-hydrogen) atoms. The standard InChI is InChI=1S/C13H20N2O4/c1-3-5-6-10(13(18)19)14-12(17)9-7-11(16)15(4-2)8-9/h3,9-10H,1,4-8H2,2H3,(H,14,17)(H,18,19). The van der Waals surface area contributed by atoms with Gasteiger partial charge in [0.25, 0.3) is 0 Å². The lowest BCUT2D eigenvalue weighted by molar-refractivity contribution is -0.142. The van der Waals surface area contributed by atoms with Crippen molar-refractivity contribution in [3.8, 4) is 0 Å². The number of carbonyl (C=O) groups is 3. The van der Waals surface area contributed by atoms with Gasteiger partial charge in [-0.05, 0) is 19.8 Å². The van der Waals surface area contributed by atoms with Gasteiger partial charge in [0.2, 0.25) is 11.8 Å². The molecule has 1 heterocycles. The molecule has 6 heteroatoms. The number of allylic oxidation sites excluding steroid dienone is 1. The first-order chi connectivity index (χ1) is 8.99. The Balaban J connectivity index is 2.55. The van der Waals surface area contributed by atoms with Gasteiger partial charge in [-0.1, -0.05) is 6.08 Å². The van der Waals surface area contributed by atoms with Crippen LogP contribution in [0.3, 0.4) is 0 Å². The zero-order chi connectivity index (χ0) is 14.4. The molecule has 0 aromatic rings. The molecule has 2 atom stereocenters. The first-order valence-electron chi connectivity index (χ1n) is 6.41. The van der Waals surface area contributed by atoms with Gasteiger partial charge in [0.15, 0.2) is 0 Å². The summed E-state index contributed by atoms with van der Waals surface area (Å²) < 4.78 is 0. The van der Waals surface area contributed by atoms with E-state index in [0.717, 1.165) is 0 Å². The van der Waals surface area contributed by atoms with E-state index in [2.05, 4.69) is 11.9 Å². The summed E-state index contributed by atoms with van der Waals surface area (Å²) in [5.41, 5.74) is 0. The number of carbonyl (C=O) groups excluding carboxylic acids is 2. The second-order valence-electron chi connectivity index (χ2n) is 4.60. The summed E-state index contributed by atoms with van der Waals surface area (Å²) in [5.74, 6) is -1.92. The number of carboxylic acids is 1. The topological polar surface area (TPSA) is 86.7 Å². The highest BCUT2D eigenvalue weighted by Crippen LogP contribution is 2.17. The third kappa shape index (κ3) is 4.08. The second-order valence-corrected chi connectivity index (χ2v) is 4.60. The normalized spacial score (nSPS) is 20.2. The fourth-order valence-corrected chi connectivity index (χ4v) is 2.08. The Labute approximate surface area is 112 Å². The van der Waals surface area contributed by atoms with E-state index in [4.69, 9.17) is 5.11 Å². The molecule has 1 aliphatic rings. The van der Waals surface area contributed by atoms with E-state index < -0.39 is 17.9 Å². The maximum absolute atomic E-state index is 12.0. The number of aliphatic carboxylic acids is 1. The molecule has 6 nitrogen and oxygen atoms in total. The Morgan fingerprint density at radius 1 is 1.63 bits per heavy atom. The number of hydrogen-bond acceptors (Lipinski definition) is 3. The van der Waals surface area contributed by atoms with Crippen LogP contribution in [-0.4, -0.2) is 46.9 Å². The Hall–Kier alpha value is -1.85. The zero-order valence-electron chi connectivity index (χ0n) is 11.1. The van der Waals surface area contributed by atoms with Crippen molar-refractivity contribution in [2.24, 2.45) is 5.92 Å². The average molecular weight is 268 g/mol. The number of hydrogen-bond donors (Lipinski definition) is 2. The Bertz CT molecular complexity index is 381. The summed E-state index contributed by atoms with van der Waals surface area (Å²) in [5, 5.41) is 11.5. The van der Waals surface area contributed by atoms with E-state index in [0.29, 0.717) is 25.9 Å². The second kappa shape index (κ2) is 6.92. The smallest absolute Gasteiger partial charge is 0.326 e. The van der Waals surface area contributed by atoms with Crippen LogP contribution in [0.5, 0.6) is 0 Å². The molecule has 2 unspecified atom stereocenters. The van der Waals surface area contributed by atoms with Crippen LogP contribution in [0.2, 0.25) is 0 Å². The molecule has 2 N–H and O–H groups in total. The van der Waals surface area contributed by atoms with E-state index in [1.165, 1.54) is 0 Å². The summed E-state index contributed by atoms with van der Waals surface area (Å²) in [6, 6.07) is -0.920. The van der Waals surface area contributed by atoms with Gasteiger partial charge >= 0.3 is 5.97 Å². The van der Waals surface area contributed by atoms with Crippen molar-refractivity contribution >= 4 is 17.8 Å². The molecule has 1 aliphatic heterocycles. The largest absolute Gasteiger partial charge is 0.480 e. The fraction of sp³-hybridized carbons (Fsp3) is 0.615. The molecule has 0 aromatic heterocycles. The van der Waals surface area contributed by atoms with Gasteiger partial charge in [0, 0.05) is 19.5 Å². The minimum atomic E-state index is -1.06. The van der Waals surface area contributed by atoms with E-state index in [1.807, 2.05) is 6.92 Å². The summed E-state index contributed by atoms with van der Waals surface area (Å²) in [6.45, 7) is 6.31. The molecule has 0 aromatic carbocycles. The Kier molecular flexibility index (Phi) is 5.54. The van der Waals surface area contributed by atoms with Crippen molar-refractivity contribution < 1.29 is 19.5 Å². The van der Waals surface area contributed by atoms with Crippen molar-refractivity contribution in [2.75, 3.05) is 13.1 Å². The van der Waals surface area contributed by atoms with Crippen LogP contribution in [0.1, 0.15) is 26.2 Å². The summed E-state index contributed by atoms with van der Waals surface area (Å²) >= 11 is 0. The van der Waals surface area contributed by atoms with Gasteiger partial charge in [-0.2, -0.15) is 0 Å². The van der Waals surface area contributed by atoms with Crippen molar-refractivity contribution in [2.45, 2.75) is 32.2 Å². The first kappa shape index (κ1) is 15.2. The quantitative estimate of drug-likeness (QED) is 0.654. The van der Waals surface area contributed by atoms with E-state index in [1.54, 1.807) is 11.0 Å². The molecule has 1 fully saturated rings. The van der Waals surface area contributed by atoms with E-state index in [-0.39, 0.29) is 18.2 Å². The summed E-state index contributed by atoms with van der Waals surface area (Å²) in [4.78, 5) is 36.1. The summed E-state index contributed by atoms with van der Waals surface area (Å²) in [7, 11) is 0. The monoisotopic (exact) mass is 268 g/mol. The van der Waals surface area contributed by atoms with Crippen LogP contribution in [0.4, 0.5) is 0 Å². The predicted molar refractivity (Wildman–Crippen MR) is 69.4 cm³/mol. The SMILES string of the molecule is C=CCCC(NC(=O)C1CC(=O)N(CC)C1)C(=O)O. The average Bonchev–Trinajstić information content (AvgIpc) is 2.75. The van der Waals surface area contributed by atoms with Gasteiger partial charge in [-0.25, -0.2) is 4.79 Å². The number of carboxylic acid groups (broad SMARTS) is 1. The Morgan fingerprint density at radius 2 is 2.32 bits per heavy atom. The van der Waals surface area contributed by atoms with E-state index >= 15 is 0 Å². The first-order valence-corrected chi connectivity index (χ1v) is 6.41. The van der Waals surface area contributed by atoms with Crippen LogP contribution in [0.15, 0.2) is 12.7 Å². The molecule has 1 saturated heterocycles. The van der Waals surface area contributed by atoms with Gasteiger partial charge in [0.1, 0.15) is 6.04 Å². The molecule has 106 valence electrons. The molecule has 2 amide bonds. The van der Waals surface area contributed by atoms with Crippen molar-refractivity contribution in [3.63, 3.8) is 0 Å².